The standard InChI is InChI=1S/C15H25NO2S/c1-3-17-15(18-4-2)10-11-16-12-13-19-14-8-6-5-7-9-14/h5-9,15-16H,3-4,10-13H2,1-2H3. The number of hydrogen-bond donors (Lipinski definition) is 1. The molecular formula is C15H25NO2S. The van der Waals surface area contributed by atoms with E-state index >= 15 is 0 Å². The van der Waals surface area contributed by atoms with E-state index in [0.29, 0.717) is 13.2 Å². The lowest BCUT2D eigenvalue weighted by atomic mass is 10.4. The van der Waals surface area contributed by atoms with E-state index < -0.39 is 0 Å². The third-order valence-electron chi connectivity index (χ3n) is 2.55. The molecule has 108 valence electrons. The average Bonchev–Trinajstić information content (AvgIpc) is 2.44. The average molecular weight is 283 g/mol. The lowest BCUT2D eigenvalue weighted by molar-refractivity contribution is -0.138. The molecule has 0 aliphatic carbocycles. The molecule has 1 N–H and O–H groups in total. The van der Waals surface area contributed by atoms with E-state index in [9.17, 15) is 0 Å². The van der Waals surface area contributed by atoms with E-state index in [-0.39, 0.29) is 6.29 Å². The van der Waals surface area contributed by atoms with Crippen LogP contribution >= 0.6 is 11.8 Å². The van der Waals surface area contributed by atoms with Crippen LogP contribution in [-0.2, 0) is 9.47 Å². The second-order valence-corrected chi connectivity index (χ2v) is 5.21. The third kappa shape index (κ3) is 8.26. The summed E-state index contributed by atoms with van der Waals surface area (Å²) in [6, 6.07) is 10.5. The zero-order valence-corrected chi connectivity index (χ0v) is 12.7. The van der Waals surface area contributed by atoms with Crippen molar-refractivity contribution in [1.29, 1.82) is 0 Å². The Kier molecular flexibility index (Phi) is 9.81. The van der Waals surface area contributed by atoms with Crippen molar-refractivity contribution in [3.63, 3.8) is 0 Å². The van der Waals surface area contributed by atoms with Gasteiger partial charge < -0.3 is 14.8 Å². The fraction of sp³-hybridized carbons (Fsp3) is 0.600. The summed E-state index contributed by atoms with van der Waals surface area (Å²) >= 11 is 1.87. The van der Waals surface area contributed by atoms with Crippen LogP contribution in [0.5, 0.6) is 0 Å². The van der Waals surface area contributed by atoms with Crippen LogP contribution in [0.3, 0.4) is 0 Å². The Morgan fingerprint density at radius 3 is 2.37 bits per heavy atom. The van der Waals surface area contributed by atoms with Crippen LogP contribution in [0.1, 0.15) is 20.3 Å². The molecule has 1 aromatic carbocycles. The topological polar surface area (TPSA) is 30.5 Å². The highest BCUT2D eigenvalue weighted by Crippen LogP contribution is 2.15. The Labute approximate surface area is 121 Å². The molecule has 0 heterocycles. The van der Waals surface area contributed by atoms with E-state index in [1.807, 2.05) is 31.7 Å². The van der Waals surface area contributed by atoms with Gasteiger partial charge >= 0.3 is 0 Å². The van der Waals surface area contributed by atoms with Crippen LogP contribution in [0.15, 0.2) is 35.2 Å². The molecule has 0 bridgehead atoms. The van der Waals surface area contributed by atoms with Crippen LogP contribution in [-0.4, -0.2) is 38.3 Å². The van der Waals surface area contributed by atoms with Crippen molar-refractivity contribution in [2.75, 3.05) is 32.1 Å². The van der Waals surface area contributed by atoms with Crippen molar-refractivity contribution in [2.45, 2.75) is 31.5 Å². The monoisotopic (exact) mass is 283 g/mol. The van der Waals surface area contributed by atoms with Gasteiger partial charge in [0.1, 0.15) is 0 Å². The number of rotatable bonds is 11. The van der Waals surface area contributed by atoms with E-state index in [2.05, 4.69) is 29.6 Å². The van der Waals surface area contributed by atoms with E-state index in [0.717, 1.165) is 25.3 Å². The van der Waals surface area contributed by atoms with Gasteiger partial charge in [0.25, 0.3) is 0 Å². The van der Waals surface area contributed by atoms with Gasteiger partial charge in [0.2, 0.25) is 0 Å². The molecule has 0 aliphatic rings. The van der Waals surface area contributed by atoms with Crippen molar-refractivity contribution in [2.24, 2.45) is 0 Å². The maximum Gasteiger partial charge on any atom is 0.158 e. The molecule has 3 nitrogen and oxygen atoms in total. The Morgan fingerprint density at radius 1 is 1.05 bits per heavy atom. The largest absolute Gasteiger partial charge is 0.353 e. The van der Waals surface area contributed by atoms with Crippen LogP contribution in [0.4, 0.5) is 0 Å². The van der Waals surface area contributed by atoms with E-state index in [1.165, 1.54) is 4.90 Å². The Balaban J connectivity index is 2.01. The SMILES string of the molecule is CCOC(CCNCCSc1ccccc1)OCC. The van der Waals surface area contributed by atoms with Gasteiger partial charge in [-0.15, -0.1) is 11.8 Å². The molecule has 0 spiro atoms. The molecule has 0 radical (unpaired) electrons. The molecule has 0 aromatic heterocycles. The lowest BCUT2D eigenvalue weighted by Gasteiger charge is -2.16. The van der Waals surface area contributed by atoms with Crippen molar-refractivity contribution in [3.8, 4) is 0 Å². The number of ether oxygens (including phenoxy) is 2. The predicted molar refractivity (Wildman–Crippen MR) is 81.7 cm³/mol. The van der Waals surface area contributed by atoms with Gasteiger partial charge in [0.05, 0.1) is 0 Å². The summed E-state index contributed by atoms with van der Waals surface area (Å²) in [5.41, 5.74) is 0. The predicted octanol–water partition coefficient (Wildman–Crippen LogP) is 3.16. The summed E-state index contributed by atoms with van der Waals surface area (Å²) in [6.07, 6.45) is 0.835. The first kappa shape index (κ1) is 16.5. The van der Waals surface area contributed by atoms with Gasteiger partial charge in [-0.25, -0.2) is 0 Å². The van der Waals surface area contributed by atoms with Crippen LogP contribution in [0.25, 0.3) is 0 Å². The minimum atomic E-state index is -0.0655. The highest BCUT2D eigenvalue weighted by atomic mass is 32.2. The summed E-state index contributed by atoms with van der Waals surface area (Å²) in [7, 11) is 0. The highest BCUT2D eigenvalue weighted by molar-refractivity contribution is 7.99. The molecule has 1 aromatic rings. The first-order valence-corrected chi connectivity index (χ1v) is 7.97. The van der Waals surface area contributed by atoms with Gasteiger partial charge in [0.15, 0.2) is 6.29 Å². The summed E-state index contributed by atoms with van der Waals surface area (Å²) in [5.74, 6) is 1.08. The Bertz CT molecular complexity index is 302. The van der Waals surface area contributed by atoms with Gasteiger partial charge in [-0.1, -0.05) is 18.2 Å². The van der Waals surface area contributed by atoms with Crippen LogP contribution < -0.4 is 5.32 Å². The highest BCUT2D eigenvalue weighted by Gasteiger charge is 2.06. The molecule has 0 amide bonds. The molecule has 0 saturated heterocycles. The summed E-state index contributed by atoms with van der Waals surface area (Å²) in [5, 5.41) is 3.42. The quantitative estimate of drug-likeness (QED) is 0.384. The van der Waals surface area contributed by atoms with Gasteiger partial charge in [-0.05, 0) is 32.5 Å². The Morgan fingerprint density at radius 2 is 1.74 bits per heavy atom. The molecule has 4 heteroatoms. The number of benzene rings is 1. The zero-order valence-electron chi connectivity index (χ0n) is 11.9. The number of thioether (sulfide) groups is 1. The summed E-state index contributed by atoms with van der Waals surface area (Å²) in [6.45, 7) is 7.33. The summed E-state index contributed by atoms with van der Waals surface area (Å²) in [4.78, 5) is 1.32. The maximum atomic E-state index is 5.49. The van der Waals surface area contributed by atoms with Crippen molar-refractivity contribution in [1.82, 2.24) is 5.32 Å². The third-order valence-corrected chi connectivity index (χ3v) is 3.57. The molecular weight excluding hydrogens is 258 g/mol. The Hall–Kier alpha value is -0.550. The fourth-order valence-corrected chi connectivity index (χ4v) is 2.52. The first-order valence-electron chi connectivity index (χ1n) is 6.98. The van der Waals surface area contributed by atoms with E-state index in [4.69, 9.17) is 9.47 Å². The maximum absolute atomic E-state index is 5.49. The smallest absolute Gasteiger partial charge is 0.158 e. The number of nitrogens with one attached hydrogen (secondary N) is 1. The number of hydrogen-bond acceptors (Lipinski definition) is 4. The molecule has 0 fully saturated rings. The van der Waals surface area contributed by atoms with Crippen molar-refractivity contribution >= 4 is 11.8 Å². The van der Waals surface area contributed by atoms with Gasteiger partial charge in [-0.2, -0.15) is 0 Å². The normalized spacial score (nSPS) is 11.1. The molecule has 1 rings (SSSR count). The molecule has 0 unspecified atom stereocenters. The second kappa shape index (κ2) is 11.3. The molecule has 0 aliphatic heterocycles. The lowest BCUT2D eigenvalue weighted by Crippen LogP contribution is -2.26. The van der Waals surface area contributed by atoms with Gasteiger partial charge in [0, 0.05) is 36.8 Å². The molecule has 0 saturated carbocycles. The van der Waals surface area contributed by atoms with Crippen molar-refractivity contribution < 1.29 is 9.47 Å². The first-order chi connectivity index (χ1) is 9.36. The zero-order chi connectivity index (χ0) is 13.8. The van der Waals surface area contributed by atoms with Crippen LogP contribution in [0.2, 0.25) is 0 Å². The molecule has 0 atom stereocenters. The van der Waals surface area contributed by atoms with E-state index in [1.54, 1.807) is 0 Å². The summed E-state index contributed by atoms with van der Waals surface area (Å²) < 4.78 is 11.0. The fourth-order valence-electron chi connectivity index (χ4n) is 1.69. The minimum absolute atomic E-state index is 0.0655. The second-order valence-electron chi connectivity index (χ2n) is 4.04. The van der Waals surface area contributed by atoms with Gasteiger partial charge in [-0.3, -0.25) is 0 Å². The van der Waals surface area contributed by atoms with Crippen LogP contribution in [0, 0.1) is 0 Å². The molecule has 19 heavy (non-hydrogen) atoms. The minimum Gasteiger partial charge on any atom is -0.353 e. The van der Waals surface area contributed by atoms with Crippen molar-refractivity contribution in [3.05, 3.63) is 30.3 Å².